The van der Waals surface area contributed by atoms with Crippen LogP contribution in [0.3, 0.4) is 0 Å². The lowest BCUT2D eigenvalue weighted by Crippen LogP contribution is -2.60. The van der Waals surface area contributed by atoms with Crippen molar-refractivity contribution in [1.29, 1.82) is 0 Å². The smallest absolute Gasteiger partial charge is 0.326 e. The van der Waals surface area contributed by atoms with E-state index in [1.807, 2.05) is 13.8 Å². The molecule has 0 aliphatic heterocycles. The van der Waals surface area contributed by atoms with Crippen LogP contribution >= 0.6 is 12.6 Å². The summed E-state index contributed by atoms with van der Waals surface area (Å²) in [6, 6.07) is 15.1. The Kier molecular flexibility index (Phi) is 18.9. The first-order valence-corrected chi connectivity index (χ1v) is 19.9. The molecular weight excluding hydrogens is 779 g/mol. The fraction of sp³-hybridized carbons (Fsp3) is 0.405. The quantitative estimate of drug-likeness (QED) is 0.0636. The van der Waals surface area contributed by atoms with Crippen LogP contribution in [0, 0.1) is 5.92 Å². The summed E-state index contributed by atoms with van der Waals surface area (Å²) in [4.78, 5) is 92.3. The molecule has 3 aromatic carbocycles. The van der Waals surface area contributed by atoms with Crippen molar-refractivity contribution in [1.82, 2.24) is 31.9 Å². The van der Waals surface area contributed by atoms with E-state index in [0.717, 1.165) is 0 Å². The number of hydrogen-bond donors (Lipinski definition) is 10. The first-order valence-electron chi connectivity index (χ1n) is 19.2. The Morgan fingerprint density at radius 1 is 0.525 bits per heavy atom. The third-order valence-electron chi connectivity index (χ3n) is 9.20. The van der Waals surface area contributed by atoms with Gasteiger partial charge in [0.1, 0.15) is 42.0 Å². The van der Waals surface area contributed by atoms with Gasteiger partial charge in [0.05, 0.1) is 6.04 Å². The van der Waals surface area contributed by atoms with Crippen LogP contribution in [-0.4, -0.2) is 99.7 Å². The highest BCUT2D eigenvalue weighted by Crippen LogP contribution is 2.13. The van der Waals surface area contributed by atoms with Crippen LogP contribution in [0.1, 0.15) is 50.8 Å². The van der Waals surface area contributed by atoms with E-state index in [-0.39, 0.29) is 36.7 Å². The fourth-order valence-electron chi connectivity index (χ4n) is 5.90. The number of phenolic OH excluding ortho intramolecular Hbond substituents is 1. The van der Waals surface area contributed by atoms with Gasteiger partial charge in [-0.2, -0.15) is 12.6 Å². The molecule has 0 unspecified atom stereocenters. The minimum atomic E-state index is -1.32. The van der Waals surface area contributed by atoms with Gasteiger partial charge in [-0.15, -0.1) is 0 Å². The molecule has 0 bridgehead atoms. The van der Waals surface area contributed by atoms with Gasteiger partial charge in [-0.3, -0.25) is 28.8 Å². The minimum absolute atomic E-state index is 0.00558. The van der Waals surface area contributed by atoms with Crippen LogP contribution in [0.2, 0.25) is 0 Å². The van der Waals surface area contributed by atoms with E-state index in [1.54, 1.807) is 72.8 Å². The molecule has 59 heavy (non-hydrogen) atoms. The lowest BCUT2D eigenvalue weighted by atomic mass is 10.0. The Morgan fingerprint density at radius 2 is 0.898 bits per heavy atom. The van der Waals surface area contributed by atoms with Gasteiger partial charge in [0.15, 0.2) is 0 Å². The van der Waals surface area contributed by atoms with Crippen molar-refractivity contribution in [2.75, 3.05) is 5.75 Å². The average Bonchev–Trinajstić information content (AvgIpc) is 3.19. The first kappa shape index (κ1) is 47.4. The number of nitrogens with one attached hydrogen (secondary N) is 6. The highest BCUT2D eigenvalue weighted by molar-refractivity contribution is 7.80. The average molecular weight is 834 g/mol. The van der Waals surface area contributed by atoms with Gasteiger partial charge in [0.2, 0.25) is 35.4 Å². The van der Waals surface area contributed by atoms with E-state index in [4.69, 9.17) is 5.73 Å². The molecule has 10 N–H and O–H groups in total. The van der Waals surface area contributed by atoms with Crippen LogP contribution in [0.5, 0.6) is 5.75 Å². The van der Waals surface area contributed by atoms with E-state index >= 15 is 0 Å². The second-order valence-electron chi connectivity index (χ2n) is 14.7. The van der Waals surface area contributed by atoms with Crippen molar-refractivity contribution in [2.45, 2.75) is 95.7 Å². The van der Waals surface area contributed by atoms with Crippen molar-refractivity contribution in [3.05, 3.63) is 102 Å². The SMILES string of the molecule is CC(C)C[C@H](N)C(=O)N[C@@H](C)C(=O)N[C@@H](Cc1ccccc1)C(=O)N[C@@H](Cc1ccc(O)cc1)C(=O)N[C@@H](C)C(=O)N[C@@H](CS)C(=O)N[C@@H](Cc1ccccc1)C(=O)O. The Morgan fingerprint density at radius 3 is 1.36 bits per heavy atom. The number of nitrogens with two attached hydrogens (primary N) is 1. The largest absolute Gasteiger partial charge is 0.508 e. The fourth-order valence-corrected chi connectivity index (χ4v) is 6.16. The molecule has 6 amide bonds. The molecule has 0 aliphatic carbocycles. The number of carbonyl (C=O) groups is 7. The van der Waals surface area contributed by atoms with Crippen LogP contribution in [0.4, 0.5) is 0 Å². The topological polar surface area (TPSA) is 258 Å². The molecular formula is C42H55N7O9S. The van der Waals surface area contributed by atoms with Crippen LogP contribution < -0.4 is 37.6 Å². The molecule has 0 aromatic heterocycles. The van der Waals surface area contributed by atoms with Gasteiger partial charge in [-0.1, -0.05) is 86.6 Å². The van der Waals surface area contributed by atoms with Crippen molar-refractivity contribution in [3.8, 4) is 5.75 Å². The first-order chi connectivity index (χ1) is 28.0. The van der Waals surface area contributed by atoms with E-state index in [9.17, 15) is 43.8 Å². The summed E-state index contributed by atoms with van der Waals surface area (Å²) in [7, 11) is 0. The third-order valence-corrected chi connectivity index (χ3v) is 9.57. The summed E-state index contributed by atoms with van der Waals surface area (Å²) in [6.45, 7) is 6.64. The van der Waals surface area contributed by atoms with Gasteiger partial charge >= 0.3 is 5.97 Å². The monoisotopic (exact) mass is 833 g/mol. The number of phenols is 1. The van der Waals surface area contributed by atoms with E-state index in [2.05, 4.69) is 44.5 Å². The number of carboxylic acids is 1. The number of aliphatic carboxylic acids is 1. The van der Waals surface area contributed by atoms with Gasteiger partial charge in [0.25, 0.3) is 0 Å². The zero-order chi connectivity index (χ0) is 43.6. The maximum atomic E-state index is 14.0. The molecule has 3 aromatic rings. The maximum Gasteiger partial charge on any atom is 0.326 e. The van der Waals surface area contributed by atoms with E-state index in [1.165, 1.54) is 26.0 Å². The number of benzene rings is 3. The number of thiol groups is 1. The standard InChI is InChI=1S/C42H55N7O9S/c1-24(2)19-31(43)38(53)44-25(3)36(51)46-33(20-27-11-7-5-8-12-27)40(55)47-32(21-29-15-17-30(50)18-16-29)39(54)45-26(4)37(52)49-35(23-59)41(56)48-34(42(57)58)22-28-13-9-6-10-14-28/h5-18,24-26,31-35,50,59H,19-23,43H2,1-4H3,(H,44,53)(H,45,54)(H,46,51)(H,47,55)(H,48,56)(H,49,52)(H,57,58)/t25-,26-,31-,32-,33-,34-,35-/m0/s1. The number of carbonyl (C=O) groups excluding carboxylic acids is 6. The highest BCUT2D eigenvalue weighted by atomic mass is 32.1. The minimum Gasteiger partial charge on any atom is -0.508 e. The lowest BCUT2D eigenvalue weighted by Gasteiger charge is -2.26. The Balaban J connectivity index is 1.77. The molecule has 0 saturated carbocycles. The van der Waals surface area contributed by atoms with Crippen LogP contribution in [-0.2, 0) is 52.8 Å². The molecule has 3 rings (SSSR count). The highest BCUT2D eigenvalue weighted by Gasteiger charge is 2.32. The second-order valence-corrected chi connectivity index (χ2v) is 15.1. The zero-order valence-electron chi connectivity index (χ0n) is 33.5. The molecule has 0 radical (unpaired) electrons. The summed E-state index contributed by atoms with van der Waals surface area (Å²) < 4.78 is 0. The Hall–Kier alpha value is -5.94. The summed E-state index contributed by atoms with van der Waals surface area (Å²) in [5.41, 5.74) is 7.89. The predicted molar refractivity (Wildman–Crippen MR) is 224 cm³/mol. The Bertz CT molecular complexity index is 1880. The van der Waals surface area contributed by atoms with Crippen LogP contribution in [0.15, 0.2) is 84.9 Å². The molecule has 0 aliphatic rings. The number of hydrogen-bond acceptors (Lipinski definition) is 10. The molecule has 16 nitrogen and oxygen atoms in total. The second kappa shape index (κ2) is 23.5. The molecule has 0 heterocycles. The number of aromatic hydroxyl groups is 1. The van der Waals surface area contributed by atoms with Crippen molar-refractivity contribution in [2.24, 2.45) is 11.7 Å². The van der Waals surface area contributed by atoms with Gasteiger partial charge in [-0.05, 0) is 55.0 Å². The molecule has 0 saturated heterocycles. The summed E-state index contributed by atoms with van der Waals surface area (Å²) in [6.07, 6.45) is 0.309. The molecule has 0 fully saturated rings. The molecule has 318 valence electrons. The van der Waals surface area contributed by atoms with Gasteiger partial charge < -0.3 is 47.8 Å². The normalized spacial score (nSPS) is 14.6. The molecule has 7 atom stereocenters. The number of rotatable bonds is 22. The lowest BCUT2D eigenvalue weighted by molar-refractivity contribution is -0.142. The third kappa shape index (κ3) is 16.1. The van der Waals surface area contributed by atoms with Gasteiger partial charge in [-0.25, -0.2) is 4.79 Å². The Labute approximate surface area is 349 Å². The summed E-state index contributed by atoms with van der Waals surface area (Å²) >= 11 is 4.17. The summed E-state index contributed by atoms with van der Waals surface area (Å²) in [5, 5.41) is 35.0. The zero-order valence-corrected chi connectivity index (χ0v) is 34.4. The number of carboxylic acid groups (broad SMARTS) is 1. The van der Waals surface area contributed by atoms with Crippen molar-refractivity contribution < 1.29 is 43.8 Å². The van der Waals surface area contributed by atoms with E-state index < -0.39 is 83.7 Å². The summed E-state index contributed by atoms with van der Waals surface area (Å²) in [5.74, 6) is -5.69. The van der Waals surface area contributed by atoms with Crippen molar-refractivity contribution >= 4 is 54.0 Å². The maximum absolute atomic E-state index is 14.0. The van der Waals surface area contributed by atoms with Crippen LogP contribution in [0.25, 0.3) is 0 Å². The predicted octanol–water partition coefficient (Wildman–Crippen LogP) is 0.757. The van der Waals surface area contributed by atoms with Gasteiger partial charge in [0, 0.05) is 25.0 Å². The number of amides is 6. The van der Waals surface area contributed by atoms with E-state index in [0.29, 0.717) is 23.1 Å². The van der Waals surface area contributed by atoms with Crippen molar-refractivity contribution in [3.63, 3.8) is 0 Å². The molecule has 0 spiro atoms. The molecule has 17 heteroatoms.